The number of nitrogens with one attached hydrogen (secondary N) is 2. The number of hydrogen-bond donors (Lipinski definition) is 2. The van der Waals surface area contributed by atoms with Gasteiger partial charge < -0.3 is 4.57 Å². The maximum absolute atomic E-state index is 12.7. The molecule has 26 heavy (non-hydrogen) atoms. The zero-order valence-electron chi connectivity index (χ0n) is 15.4. The molecular weight excluding hydrogens is 348 g/mol. The molecular formula is C19H24N4O2S. The molecule has 0 aliphatic rings. The van der Waals surface area contributed by atoms with Gasteiger partial charge in [0.05, 0.1) is 11.0 Å². The van der Waals surface area contributed by atoms with Gasteiger partial charge >= 0.3 is 0 Å². The Morgan fingerprint density at radius 2 is 1.62 bits per heavy atom. The molecule has 138 valence electrons. The minimum Gasteiger partial charge on any atom is -0.329 e. The number of hydrogen-bond acceptors (Lipinski definition) is 3. The van der Waals surface area contributed by atoms with Crippen LogP contribution in [0, 0.1) is 0 Å². The molecule has 0 bridgehead atoms. The van der Waals surface area contributed by atoms with E-state index in [9.17, 15) is 8.42 Å². The summed E-state index contributed by atoms with van der Waals surface area (Å²) in [5, 5.41) is 0. The molecule has 0 fully saturated rings. The monoisotopic (exact) mass is 372 g/mol. The van der Waals surface area contributed by atoms with Crippen molar-refractivity contribution in [2.45, 2.75) is 32.4 Å². The van der Waals surface area contributed by atoms with Gasteiger partial charge in [-0.2, -0.15) is 17.9 Å². The van der Waals surface area contributed by atoms with E-state index in [2.05, 4.69) is 14.4 Å². The molecule has 0 radical (unpaired) electrons. The molecule has 0 unspecified atom stereocenters. The highest BCUT2D eigenvalue weighted by molar-refractivity contribution is 7.87. The van der Waals surface area contributed by atoms with E-state index in [1.54, 1.807) is 20.8 Å². The molecule has 0 aliphatic heterocycles. The van der Waals surface area contributed by atoms with Crippen molar-refractivity contribution in [3.63, 3.8) is 0 Å². The summed E-state index contributed by atoms with van der Waals surface area (Å²) in [5.74, 6) is 0.636. The van der Waals surface area contributed by atoms with Crippen LogP contribution in [0.15, 0.2) is 54.6 Å². The summed E-state index contributed by atoms with van der Waals surface area (Å²) in [6, 6.07) is 16.6. The van der Waals surface area contributed by atoms with E-state index in [1.165, 1.54) is 0 Å². The number of benzene rings is 2. The molecule has 0 aliphatic carbocycles. The average molecular weight is 372 g/mol. The van der Waals surface area contributed by atoms with Crippen LogP contribution in [0.3, 0.4) is 0 Å². The normalized spacial score (nSPS) is 13.8. The molecule has 7 heteroatoms. The molecule has 1 atom stereocenters. The van der Waals surface area contributed by atoms with Crippen LogP contribution < -0.4 is 9.44 Å². The predicted molar refractivity (Wildman–Crippen MR) is 104 cm³/mol. The smallest absolute Gasteiger partial charge is 0.278 e. The van der Waals surface area contributed by atoms with Crippen LogP contribution in [0.2, 0.25) is 0 Å². The molecule has 6 nitrogen and oxygen atoms in total. The van der Waals surface area contributed by atoms with Crippen molar-refractivity contribution in [1.82, 2.24) is 19.0 Å². The Morgan fingerprint density at radius 3 is 2.23 bits per heavy atom. The second-order valence-electron chi connectivity index (χ2n) is 7.33. The zero-order chi connectivity index (χ0) is 18.9. The quantitative estimate of drug-likeness (QED) is 0.723. The number of aryl methyl sites for hydroxylation is 1. The number of imidazole rings is 1. The molecule has 1 aromatic heterocycles. The van der Waals surface area contributed by atoms with Crippen LogP contribution in [0.5, 0.6) is 0 Å². The molecule has 1 heterocycles. The van der Waals surface area contributed by atoms with E-state index >= 15 is 0 Å². The van der Waals surface area contributed by atoms with E-state index in [4.69, 9.17) is 0 Å². The lowest BCUT2D eigenvalue weighted by Crippen LogP contribution is -2.48. The highest BCUT2D eigenvalue weighted by Gasteiger charge is 2.28. The lowest BCUT2D eigenvalue weighted by Gasteiger charge is -2.24. The van der Waals surface area contributed by atoms with E-state index in [1.807, 2.05) is 66.2 Å². The Balaban J connectivity index is 2.08. The van der Waals surface area contributed by atoms with Crippen molar-refractivity contribution >= 4 is 21.2 Å². The summed E-state index contributed by atoms with van der Waals surface area (Å²) in [6.45, 7) is 5.41. The van der Waals surface area contributed by atoms with Crippen LogP contribution in [-0.4, -0.2) is 23.5 Å². The fraction of sp³-hybridized carbons (Fsp3) is 0.316. The number of fused-ring (bicyclic) bond motifs is 1. The third-order valence-corrected chi connectivity index (χ3v) is 5.35. The summed E-state index contributed by atoms with van der Waals surface area (Å²) in [6.07, 6.45) is 0. The Hall–Kier alpha value is -2.22. The summed E-state index contributed by atoms with van der Waals surface area (Å²) < 4.78 is 32.7. The van der Waals surface area contributed by atoms with Gasteiger partial charge in [0.1, 0.15) is 11.9 Å². The molecule has 2 aromatic carbocycles. The first-order valence-electron chi connectivity index (χ1n) is 8.44. The largest absolute Gasteiger partial charge is 0.329 e. The van der Waals surface area contributed by atoms with Crippen molar-refractivity contribution in [2.75, 3.05) is 0 Å². The fourth-order valence-corrected chi connectivity index (χ4v) is 4.34. The van der Waals surface area contributed by atoms with E-state index in [0.29, 0.717) is 5.82 Å². The van der Waals surface area contributed by atoms with E-state index in [0.717, 1.165) is 16.6 Å². The van der Waals surface area contributed by atoms with Crippen LogP contribution >= 0.6 is 0 Å². The van der Waals surface area contributed by atoms with Gasteiger partial charge in [-0.25, -0.2) is 4.98 Å². The lowest BCUT2D eigenvalue weighted by atomic mass is 10.1. The Kier molecular flexibility index (Phi) is 4.88. The van der Waals surface area contributed by atoms with Gasteiger partial charge in [0.25, 0.3) is 10.2 Å². The number of aromatic nitrogens is 2. The van der Waals surface area contributed by atoms with Gasteiger partial charge in [0.15, 0.2) is 0 Å². The van der Waals surface area contributed by atoms with Crippen LogP contribution in [-0.2, 0) is 17.3 Å². The molecule has 0 amide bonds. The first kappa shape index (κ1) is 18.6. The van der Waals surface area contributed by atoms with E-state index in [-0.39, 0.29) is 0 Å². The molecule has 3 aromatic rings. The molecule has 0 spiro atoms. The van der Waals surface area contributed by atoms with Crippen molar-refractivity contribution in [2.24, 2.45) is 7.05 Å². The van der Waals surface area contributed by atoms with Gasteiger partial charge in [0.2, 0.25) is 0 Å². The zero-order valence-corrected chi connectivity index (χ0v) is 16.2. The Labute approximate surface area is 154 Å². The average Bonchev–Trinajstić information content (AvgIpc) is 2.89. The molecule has 0 saturated carbocycles. The van der Waals surface area contributed by atoms with E-state index < -0.39 is 21.8 Å². The third kappa shape index (κ3) is 4.12. The molecule has 3 rings (SSSR count). The van der Waals surface area contributed by atoms with Crippen LogP contribution in [0.4, 0.5) is 0 Å². The topological polar surface area (TPSA) is 76.0 Å². The van der Waals surface area contributed by atoms with Gasteiger partial charge in [-0.1, -0.05) is 42.5 Å². The summed E-state index contributed by atoms with van der Waals surface area (Å²) in [7, 11) is -1.85. The van der Waals surface area contributed by atoms with Gasteiger partial charge in [0, 0.05) is 12.6 Å². The number of para-hydroxylation sites is 2. The number of rotatable bonds is 5. The van der Waals surface area contributed by atoms with Crippen LogP contribution in [0.1, 0.15) is 38.2 Å². The SMILES string of the molecule is Cn1c([C@H](NS(=O)(=O)NC(C)(C)C)c2ccccc2)nc2ccccc21. The van der Waals surface area contributed by atoms with Gasteiger partial charge in [-0.05, 0) is 38.5 Å². The highest BCUT2D eigenvalue weighted by Crippen LogP contribution is 2.25. The van der Waals surface area contributed by atoms with Crippen molar-refractivity contribution < 1.29 is 8.42 Å². The Morgan fingerprint density at radius 1 is 1.00 bits per heavy atom. The Bertz CT molecular complexity index is 1000. The summed E-state index contributed by atoms with van der Waals surface area (Å²) >= 11 is 0. The van der Waals surface area contributed by atoms with Crippen molar-refractivity contribution in [3.05, 3.63) is 66.0 Å². The minimum absolute atomic E-state index is 0.584. The molecule has 2 N–H and O–H groups in total. The second-order valence-corrected chi connectivity index (χ2v) is 8.78. The highest BCUT2D eigenvalue weighted by atomic mass is 32.2. The summed E-state index contributed by atoms with van der Waals surface area (Å²) in [5.41, 5.74) is 2.02. The lowest BCUT2D eigenvalue weighted by molar-refractivity contribution is 0.477. The second kappa shape index (κ2) is 6.83. The minimum atomic E-state index is -3.74. The predicted octanol–water partition coefficient (Wildman–Crippen LogP) is 2.89. The summed E-state index contributed by atoms with van der Waals surface area (Å²) in [4.78, 5) is 4.68. The van der Waals surface area contributed by atoms with Crippen LogP contribution in [0.25, 0.3) is 11.0 Å². The maximum Gasteiger partial charge on any atom is 0.278 e. The number of nitrogens with zero attached hydrogens (tertiary/aromatic N) is 2. The van der Waals surface area contributed by atoms with Gasteiger partial charge in [-0.15, -0.1) is 0 Å². The van der Waals surface area contributed by atoms with Crippen molar-refractivity contribution in [3.8, 4) is 0 Å². The first-order chi connectivity index (χ1) is 12.2. The van der Waals surface area contributed by atoms with Crippen molar-refractivity contribution in [1.29, 1.82) is 0 Å². The van der Waals surface area contributed by atoms with Gasteiger partial charge in [-0.3, -0.25) is 0 Å². The first-order valence-corrected chi connectivity index (χ1v) is 9.92. The standard InChI is InChI=1S/C19H24N4O2S/c1-19(2,3)22-26(24,25)21-17(14-10-6-5-7-11-14)18-20-15-12-8-9-13-16(15)23(18)4/h5-13,17,21-22H,1-4H3/t17-/m1/s1. The maximum atomic E-state index is 12.7. The fourth-order valence-electron chi connectivity index (χ4n) is 2.93. The molecule has 0 saturated heterocycles. The third-order valence-electron chi connectivity index (χ3n) is 3.93.